The maximum atomic E-state index is 11.7. The normalized spacial score (nSPS) is 18.5. The summed E-state index contributed by atoms with van der Waals surface area (Å²) in [7, 11) is 3.08. The summed E-state index contributed by atoms with van der Waals surface area (Å²) in [4.78, 5) is 24.3. The Morgan fingerprint density at radius 1 is 1.50 bits per heavy atom. The Bertz CT molecular complexity index is 286. The van der Waals surface area contributed by atoms with Crippen molar-refractivity contribution in [3.8, 4) is 0 Å². The summed E-state index contributed by atoms with van der Waals surface area (Å²) in [5.41, 5.74) is 0. The minimum absolute atomic E-state index is 0.0976. The molecule has 0 aromatic heterocycles. The first kappa shape index (κ1) is 12.7. The smallest absolute Gasteiger partial charge is 0.307 e. The van der Waals surface area contributed by atoms with Gasteiger partial charge in [0.2, 0.25) is 5.91 Å². The van der Waals surface area contributed by atoms with Gasteiger partial charge < -0.3 is 9.64 Å². The van der Waals surface area contributed by atoms with Gasteiger partial charge in [-0.05, 0) is 18.8 Å². The molecule has 1 aliphatic rings. The molecular weight excluding hydrogens is 206 g/mol. The first-order valence-corrected chi connectivity index (χ1v) is 5.61. The Labute approximate surface area is 96.3 Å². The highest BCUT2D eigenvalue weighted by Crippen LogP contribution is 2.20. The van der Waals surface area contributed by atoms with Crippen molar-refractivity contribution < 1.29 is 14.3 Å². The lowest BCUT2D eigenvalue weighted by Crippen LogP contribution is -2.30. The first-order chi connectivity index (χ1) is 7.63. The van der Waals surface area contributed by atoms with Gasteiger partial charge >= 0.3 is 5.97 Å². The van der Waals surface area contributed by atoms with Gasteiger partial charge in [-0.3, -0.25) is 9.59 Å². The van der Waals surface area contributed by atoms with Crippen LogP contribution in [0.4, 0.5) is 0 Å². The van der Waals surface area contributed by atoms with Crippen molar-refractivity contribution in [2.24, 2.45) is 5.92 Å². The van der Waals surface area contributed by atoms with E-state index in [1.165, 1.54) is 7.11 Å². The molecule has 0 saturated carbocycles. The minimum Gasteiger partial charge on any atom is -0.469 e. The monoisotopic (exact) mass is 225 g/mol. The third kappa shape index (κ3) is 4.04. The van der Waals surface area contributed by atoms with E-state index < -0.39 is 0 Å². The van der Waals surface area contributed by atoms with E-state index in [0.717, 1.165) is 12.8 Å². The van der Waals surface area contributed by atoms with E-state index in [9.17, 15) is 9.59 Å². The molecule has 1 atom stereocenters. The number of methoxy groups -OCH3 is 1. The molecule has 0 aromatic rings. The highest BCUT2D eigenvalue weighted by Gasteiger charge is 2.17. The van der Waals surface area contributed by atoms with Crippen LogP contribution in [-0.4, -0.2) is 37.5 Å². The number of amides is 1. The number of hydrogen-bond acceptors (Lipinski definition) is 3. The topological polar surface area (TPSA) is 46.6 Å². The Hall–Kier alpha value is -1.32. The van der Waals surface area contributed by atoms with Gasteiger partial charge in [0.05, 0.1) is 13.5 Å². The number of hydrogen-bond donors (Lipinski definition) is 0. The molecule has 90 valence electrons. The number of nitrogens with zero attached hydrogens (tertiary/aromatic N) is 1. The number of carbonyl (C=O) groups excluding carboxylic acids is 2. The summed E-state index contributed by atoms with van der Waals surface area (Å²) in [6.45, 7) is 0.432. The highest BCUT2D eigenvalue weighted by molar-refractivity contribution is 5.77. The SMILES string of the molecule is COC(=O)CCN(C)C(=O)CC1C=CCC1. The van der Waals surface area contributed by atoms with E-state index in [1.54, 1.807) is 11.9 Å². The molecule has 0 bridgehead atoms. The average Bonchev–Trinajstić information content (AvgIpc) is 2.77. The Balaban J connectivity index is 2.24. The van der Waals surface area contributed by atoms with Gasteiger partial charge in [-0.2, -0.15) is 0 Å². The van der Waals surface area contributed by atoms with Crippen LogP contribution in [0, 0.1) is 5.92 Å². The molecule has 0 fully saturated rings. The fourth-order valence-corrected chi connectivity index (χ4v) is 1.73. The maximum absolute atomic E-state index is 11.7. The molecule has 0 spiro atoms. The van der Waals surface area contributed by atoms with Crippen molar-refractivity contribution in [3.05, 3.63) is 12.2 Å². The molecule has 0 heterocycles. The summed E-state index contributed by atoms with van der Waals surface area (Å²) in [6, 6.07) is 0. The number of allylic oxidation sites excluding steroid dienone is 2. The lowest BCUT2D eigenvalue weighted by molar-refractivity contribution is -0.141. The van der Waals surface area contributed by atoms with Crippen LogP contribution >= 0.6 is 0 Å². The van der Waals surface area contributed by atoms with E-state index in [-0.39, 0.29) is 18.3 Å². The fraction of sp³-hybridized carbons (Fsp3) is 0.667. The molecule has 1 rings (SSSR count). The van der Waals surface area contributed by atoms with Crippen molar-refractivity contribution >= 4 is 11.9 Å². The van der Waals surface area contributed by atoms with Crippen LogP contribution in [0.2, 0.25) is 0 Å². The summed E-state index contributed by atoms with van der Waals surface area (Å²) < 4.78 is 4.53. The second kappa shape index (κ2) is 6.30. The zero-order chi connectivity index (χ0) is 12.0. The van der Waals surface area contributed by atoms with Crippen molar-refractivity contribution in [2.45, 2.75) is 25.7 Å². The van der Waals surface area contributed by atoms with Crippen molar-refractivity contribution in [1.82, 2.24) is 4.90 Å². The van der Waals surface area contributed by atoms with Crippen LogP contribution in [0.1, 0.15) is 25.7 Å². The first-order valence-electron chi connectivity index (χ1n) is 5.61. The molecule has 16 heavy (non-hydrogen) atoms. The highest BCUT2D eigenvalue weighted by atomic mass is 16.5. The van der Waals surface area contributed by atoms with Gasteiger partial charge in [-0.25, -0.2) is 0 Å². The van der Waals surface area contributed by atoms with E-state index in [2.05, 4.69) is 16.9 Å². The quantitative estimate of drug-likeness (QED) is 0.524. The molecule has 0 saturated heterocycles. The summed E-state index contributed by atoms with van der Waals surface area (Å²) in [6.07, 6.45) is 7.17. The van der Waals surface area contributed by atoms with Crippen molar-refractivity contribution in [3.63, 3.8) is 0 Å². The summed E-state index contributed by atoms with van der Waals surface area (Å²) in [5, 5.41) is 0. The molecule has 0 radical (unpaired) electrons. The van der Waals surface area contributed by atoms with Crippen molar-refractivity contribution in [2.75, 3.05) is 20.7 Å². The molecular formula is C12H19NO3. The van der Waals surface area contributed by atoms with E-state index in [4.69, 9.17) is 0 Å². The predicted octanol–water partition coefficient (Wildman–Crippen LogP) is 1.36. The molecule has 1 unspecified atom stereocenters. The number of ether oxygens (including phenoxy) is 1. The molecule has 4 heteroatoms. The lowest BCUT2D eigenvalue weighted by Gasteiger charge is -2.18. The zero-order valence-corrected chi connectivity index (χ0v) is 9.94. The van der Waals surface area contributed by atoms with Crippen LogP contribution < -0.4 is 0 Å². The molecule has 0 aliphatic heterocycles. The van der Waals surface area contributed by atoms with Gasteiger partial charge in [0, 0.05) is 20.0 Å². The molecule has 0 N–H and O–H groups in total. The molecule has 1 aliphatic carbocycles. The third-order valence-electron chi connectivity index (χ3n) is 2.85. The average molecular weight is 225 g/mol. The van der Waals surface area contributed by atoms with Crippen LogP contribution in [0.15, 0.2) is 12.2 Å². The van der Waals surface area contributed by atoms with Gasteiger partial charge in [-0.1, -0.05) is 12.2 Å². The molecule has 1 amide bonds. The van der Waals surface area contributed by atoms with E-state index in [0.29, 0.717) is 18.9 Å². The predicted molar refractivity (Wildman–Crippen MR) is 60.8 cm³/mol. The molecule has 0 aromatic carbocycles. The van der Waals surface area contributed by atoms with Gasteiger partial charge in [-0.15, -0.1) is 0 Å². The Morgan fingerprint density at radius 3 is 2.81 bits per heavy atom. The van der Waals surface area contributed by atoms with Crippen molar-refractivity contribution in [1.29, 1.82) is 0 Å². The lowest BCUT2D eigenvalue weighted by atomic mass is 10.0. The second-order valence-electron chi connectivity index (χ2n) is 4.11. The number of rotatable bonds is 5. The maximum Gasteiger partial charge on any atom is 0.307 e. The van der Waals surface area contributed by atoms with Gasteiger partial charge in [0.1, 0.15) is 0 Å². The molecule has 4 nitrogen and oxygen atoms in total. The summed E-state index contributed by atoms with van der Waals surface area (Å²) in [5.74, 6) is 0.203. The van der Waals surface area contributed by atoms with Crippen LogP contribution in [0.5, 0.6) is 0 Å². The van der Waals surface area contributed by atoms with Gasteiger partial charge in [0.15, 0.2) is 0 Å². The van der Waals surface area contributed by atoms with Gasteiger partial charge in [0.25, 0.3) is 0 Å². The summed E-state index contributed by atoms with van der Waals surface area (Å²) >= 11 is 0. The zero-order valence-electron chi connectivity index (χ0n) is 9.94. The Kier molecular flexibility index (Phi) is 5.02. The van der Waals surface area contributed by atoms with E-state index in [1.807, 2.05) is 0 Å². The fourth-order valence-electron chi connectivity index (χ4n) is 1.73. The minimum atomic E-state index is -0.277. The Morgan fingerprint density at radius 2 is 2.25 bits per heavy atom. The van der Waals surface area contributed by atoms with E-state index >= 15 is 0 Å². The third-order valence-corrected chi connectivity index (χ3v) is 2.85. The van der Waals surface area contributed by atoms with Crippen LogP contribution in [0.25, 0.3) is 0 Å². The van der Waals surface area contributed by atoms with Crippen LogP contribution in [0.3, 0.4) is 0 Å². The number of esters is 1. The second-order valence-corrected chi connectivity index (χ2v) is 4.11. The largest absolute Gasteiger partial charge is 0.469 e. The standard InChI is InChI=1S/C12H19NO3/c1-13(8-7-12(15)16-2)11(14)9-10-5-3-4-6-10/h3,5,10H,4,6-9H2,1-2H3. The van der Waals surface area contributed by atoms with Crippen LogP contribution in [-0.2, 0) is 14.3 Å². The number of carbonyl (C=O) groups is 2.